The second kappa shape index (κ2) is 13.6. The van der Waals surface area contributed by atoms with Crippen LogP contribution in [0.4, 0.5) is 0 Å². The summed E-state index contributed by atoms with van der Waals surface area (Å²) in [5.74, 6) is 13.7. The highest BCUT2D eigenvalue weighted by molar-refractivity contribution is 9.28. The molecule has 3 rings (SSSR count). The van der Waals surface area contributed by atoms with E-state index in [0.29, 0.717) is 0 Å². The van der Waals surface area contributed by atoms with Crippen molar-refractivity contribution in [3.63, 3.8) is 0 Å². The fraction of sp³-hybridized carbons (Fsp3) is 0.0345. The molecule has 0 spiro atoms. The molecule has 0 atom stereocenters. The van der Waals surface area contributed by atoms with Gasteiger partial charge in [-0.15, -0.1) is 0 Å². The molecule has 1 nitrogen and oxygen atoms in total. The molecule has 3 aromatic carbocycles. The van der Waals surface area contributed by atoms with Gasteiger partial charge in [0, 0.05) is 11.1 Å². The summed E-state index contributed by atoms with van der Waals surface area (Å²) in [5, 5.41) is 0. The highest BCUT2D eigenvalue weighted by Crippen LogP contribution is 2.19. The zero-order valence-electron chi connectivity index (χ0n) is 18.1. The van der Waals surface area contributed by atoms with Gasteiger partial charge in [-0.05, 0) is 135 Å². The Kier molecular flexibility index (Phi) is 10.5. The van der Waals surface area contributed by atoms with Gasteiger partial charge in [0.2, 0.25) is 0 Å². The lowest BCUT2D eigenvalue weighted by Crippen LogP contribution is -1.83. The van der Waals surface area contributed by atoms with E-state index in [0.717, 1.165) is 45.9 Å². The van der Waals surface area contributed by atoms with Gasteiger partial charge >= 0.3 is 0 Å². The van der Waals surface area contributed by atoms with E-state index in [2.05, 4.69) is 87.4 Å². The van der Waals surface area contributed by atoms with Crippen LogP contribution in [0.25, 0.3) is 18.2 Å². The number of rotatable bonds is 4. The maximum atomic E-state index is 5.26. The van der Waals surface area contributed by atoms with E-state index in [1.807, 2.05) is 91.0 Å². The summed E-state index contributed by atoms with van der Waals surface area (Å²) in [6.45, 7) is 0. The van der Waals surface area contributed by atoms with Crippen molar-refractivity contribution in [2.45, 2.75) is 0 Å². The van der Waals surface area contributed by atoms with Gasteiger partial charge in [-0.1, -0.05) is 60.1 Å². The molecule has 0 aliphatic rings. The lowest BCUT2D eigenvalue weighted by atomic mass is 10.1. The summed E-state index contributed by atoms with van der Waals surface area (Å²) < 4.78 is 7.04. The van der Waals surface area contributed by atoms with E-state index in [9.17, 15) is 0 Å². The Morgan fingerprint density at radius 1 is 0.588 bits per heavy atom. The van der Waals surface area contributed by atoms with Crippen LogP contribution < -0.4 is 4.74 Å². The quantitative estimate of drug-likeness (QED) is 0.247. The maximum Gasteiger partial charge on any atom is 0.118 e. The van der Waals surface area contributed by atoms with Gasteiger partial charge < -0.3 is 4.74 Å². The molecule has 0 saturated heterocycles. The second-order valence-electron chi connectivity index (χ2n) is 6.94. The molecule has 0 fully saturated rings. The van der Waals surface area contributed by atoms with Crippen molar-refractivity contribution >= 4 is 81.9 Å². The van der Waals surface area contributed by atoms with Crippen molar-refractivity contribution in [3.8, 4) is 29.4 Å². The Labute approximate surface area is 234 Å². The van der Waals surface area contributed by atoms with Crippen LogP contribution in [0.15, 0.2) is 85.2 Å². The highest BCUT2D eigenvalue weighted by atomic mass is 79.9. The van der Waals surface area contributed by atoms with Gasteiger partial charge in [0.25, 0.3) is 0 Å². The molecule has 0 aliphatic carbocycles. The molecule has 168 valence electrons. The second-order valence-corrected chi connectivity index (χ2v) is 12.5. The first-order valence-corrected chi connectivity index (χ1v) is 13.2. The van der Waals surface area contributed by atoms with Crippen LogP contribution in [0.2, 0.25) is 0 Å². The SMILES string of the molecule is COc1ccc(C=C(C#Cc2ccc(C=C(Br)Br)cc2)C#Cc2ccc(C=C(Br)Br)cc2)cc1. The van der Waals surface area contributed by atoms with Crippen LogP contribution in [-0.4, -0.2) is 7.11 Å². The average molecular weight is 702 g/mol. The van der Waals surface area contributed by atoms with Gasteiger partial charge in [-0.3, -0.25) is 0 Å². The van der Waals surface area contributed by atoms with E-state index in [-0.39, 0.29) is 0 Å². The Bertz CT molecular complexity index is 1250. The Balaban J connectivity index is 1.91. The number of hydrogen-bond acceptors (Lipinski definition) is 1. The summed E-state index contributed by atoms with van der Waals surface area (Å²) in [6, 6.07) is 23.9. The van der Waals surface area contributed by atoms with Crippen molar-refractivity contribution in [1.82, 2.24) is 0 Å². The zero-order valence-corrected chi connectivity index (χ0v) is 24.4. The maximum absolute atomic E-state index is 5.26. The highest BCUT2D eigenvalue weighted by Gasteiger charge is 1.96. The lowest BCUT2D eigenvalue weighted by Gasteiger charge is -1.99. The molecular formula is C29H18Br4O. The largest absolute Gasteiger partial charge is 0.497 e. The Hall–Kier alpha value is -2.28. The van der Waals surface area contributed by atoms with Gasteiger partial charge in [-0.25, -0.2) is 0 Å². The first kappa shape index (κ1) is 26.3. The molecule has 0 unspecified atom stereocenters. The van der Waals surface area contributed by atoms with Gasteiger partial charge in [-0.2, -0.15) is 0 Å². The van der Waals surface area contributed by atoms with E-state index >= 15 is 0 Å². The van der Waals surface area contributed by atoms with Crippen molar-refractivity contribution in [2.75, 3.05) is 7.11 Å². The molecule has 0 aromatic heterocycles. The molecule has 0 aliphatic heterocycles. The lowest BCUT2D eigenvalue weighted by molar-refractivity contribution is 0.415. The normalized spacial score (nSPS) is 9.44. The number of ether oxygens (including phenoxy) is 1. The van der Waals surface area contributed by atoms with Crippen LogP contribution in [0.1, 0.15) is 27.8 Å². The third-order valence-electron chi connectivity index (χ3n) is 4.48. The summed E-state index contributed by atoms with van der Waals surface area (Å²) >= 11 is 13.5. The molecule has 34 heavy (non-hydrogen) atoms. The van der Waals surface area contributed by atoms with Gasteiger partial charge in [0.05, 0.1) is 19.5 Å². The molecule has 3 aromatic rings. The van der Waals surface area contributed by atoms with E-state index < -0.39 is 0 Å². The minimum absolute atomic E-state index is 0.726. The molecule has 0 bridgehead atoms. The van der Waals surface area contributed by atoms with E-state index in [1.165, 1.54) is 0 Å². The van der Waals surface area contributed by atoms with Gasteiger partial charge in [0.15, 0.2) is 0 Å². The number of hydrogen-bond donors (Lipinski definition) is 0. The summed E-state index contributed by atoms with van der Waals surface area (Å²) in [5.41, 5.74) is 5.72. The fourth-order valence-corrected chi connectivity index (χ4v) is 3.88. The minimum atomic E-state index is 0.726. The van der Waals surface area contributed by atoms with Crippen LogP contribution in [-0.2, 0) is 0 Å². The summed E-state index contributed by atoms with van der Waals surface area (Å²) in [4.78, 5) is 0. The first-order valence-electron chi connectivity index (χ1n) is 10.1. The number of methoxy groups -OCH3 is 1. The molecular weight excluding hydrogens is 684 g/mol. The third-order valence-corrected chi connectivity index (χ3v) is 5.40. The molecule has 0 heterocycles. The molecule has 0 radical (unpaired) electrons. The van der Waals surface area contributed by atoms with E-state index in [4.69, 9.17) is 4.74 Å². The molecule has 5 heteroatoms. The third kappa shape index (κ3) is 9.16. The zero-order chi connectivity index (χ0) is 24.3. The van der Waals surface area contributed by atoms with Crippen LogP contribution in [0.3, 0.4) is 0 Å². The molecule has 0 saturated carbocycles. The predicted molar refractivity (Wildman–Crippen MR) is 159 cm³/mol. The number of halogens is 4. The van der Waals surface area contributed by atoms with Crippen LogP contribution >= 0.6 is 63.7 Å². The predicted octanol–water partition coefficient (Wildman–Crippen LogP) is 9.36. The van der Waals surface area contributed by atoms with Crippen LogP contribution in [0, 0.1) is 23.7 Å². The smallest absolute Gasteiger partial charge is 0.118 e. The number of benzene rings is 3. The standard InChI is InChI=1S/C29H18Br4O/c1-34-27-16-14-24(15-17-27)18-23(8-2-21-4-10-25(11-5-21)19-28(30)31)9-3-22-6-12-26(13-7-22)20-29(32)33/h4-7,10-20H,1H3. The topological polar surface area (TPSA) is 9.23 Å². The van der Waals surface area contributed by atoms with Crippen molar-refractivity contribution in [1.29, 1.82) is 0 Å². The van der Waals surface area contributed by atoms with Gasteiger partial charge in [0.1, 0.15) is 5.75 Å². The van der Waals surface area contributed by atoms with Crippen LogP contribution in [0.5, 0.6) is 5.75 Å². The first-order chi connectivity index (χ1) is 16.4. The number of allylic oxidation sites excluding steroid dienone is 1. The van der Waals surface area contributed by atoms with Crippen molar-refractivity contribution < 1.29 is 4.74 Å². The molecule has 0 amide bonds. The summed E-state index contributed by atoms with van der Waals surface area (Å²) in [6.07, 6.45) is 5.95. The Morgan fingerprint density at radius 2 is 0.971 bits per heavy atom. The van der Waals surface area contributed by atoms with Crippen molar-refractivity contribution in [3.05, 3.63) is 113 Å². The molecule has 0 N–H and O–H groups in total. The minimum Gasteiger partial charge on any atom is -0.497 e. The monoisotopic (exact) mass is 698 g/mol. The Morgan fingerprint density at radius 3 is 1.35 bits per heavy atom. The summed E-state index contributed by atoms with van der Waals surface area (Å²) in [7, 11) is 1.66. The average Bonchev–Trinajstić information content (AvgIpc) is 2.82. The fourth-order valence-electron chi connectivity index (χ4n) is 2.83. The van der Waals surface area contributed by atoms with Crippen molar-refractivity contribution in [2.24, 2.45) is 0 Å². The van der Waals surface area contributed by atoms with E-state index in [1.54, 1.807) is 7.11 Å².